The maximum atomic E-state index is 13.1. The zero-order valence-electron chi connectivity index (χ0n) is 14.8. The summed E-state index contributed by atoms with van der Waals surface area (Å²) in [5.41, 5.74) is 1.12. The van der Waals surface area contributed by atoms with Gasteiger partial charge in [0.05, 0.1) is 28.2 Å². The molecule has 1 aliphatic heterocycles. The summed E-state index contributed by atoms with van der Waals surface area (Å²) < 4.78 is 25.2. The molecule has 0 spiro atoms. The second kappa shape index (κ2) is 6.61. The normalized spacial score (nSPS) is 27.7. The van der Waals surface area contributed by atoms with Gasteiger partial charge in [-0.1, -0.05) is 18.7 Å². The van der Waals surface area contributed by atoms with E-state index in [1.807, 2.05) is 6.92 Å². The summed E-state index contributed by atoms with van der Waals surface area (Å²) >= 11 is 2.81. The van der Waals surface area contributed by atoms with Crippen LogP contribution in [0.3, 0.4) is 0 Å². The summed E-state index contributed by atoms with van der Waals surface area (Å²) in [6.45, 7) is 4.59. The lowest BCUT2D eigenvalue weighted by atomic mass is 9.89. The van der Waals surface area contributed by atoms with Crippen molar-refractivity contribution >= 4 is 43.2 Å². The topological polar surface area (TPSA) is 89.3 Å². The lowest BCUT2D eigenvalue weighted by Crippen LogP contribution is -2.26. The first-order chi connectivity index (χ1) is 12.3. The van der Waals surface area contributed by atoms with E-state index in [4.69, 9.17) is 4.98 Å². The number of aliphatic hydroxyl groups is 1. The first kappa shape index (κ1) is 18.5. The molecule has 2 aromatic heterocycles. The van der Waals surface area contributed by atoms with Crippen LogP contribution < -0.4 is 5.56 Å². The van der Waals surface area contributed by atoms with Crippen LogP contribution in [0.25, 0.3) is 10.2 Å². The molecule has 26 heavy (non-hydrogen) atoms. The van der Waals surface area contributed by atoms with Crippen LogP contribution in [-0.4, -0.2) is 45.9 Å². The first-order valence-corrected chi connectivity index (χ1v) is 12.4. The molecule has 4 rings (SSSR count). The third-order valence-corrected chi connectivity index (χ3v) is 9.61. The SMILES string of the molecule is CCn1c(S[C@@H]2CS(=O)(=O)C[C@@H]2O)nc2sc3c(c2c1=O)CC[C@@H](C)C3. The molecule has 142 valence electrons. The third kappa shape index (κ3) is 3.12. The lowest BCUT2D eigenvalue weighted by Gasteiger charge is -2.18. The minimum Gasteiger partial charge on any atom is -0.391 e. The van der Waals surface area contributed by atoms with Crippen molar-refractivity contribution in [2.45, 2.75) is 56.2 Å². The molecular weight excluding hydrogens is 392 g/mol. The van der Waals surface area contributed by atoms with Gasteiger partial charge in [-0.3, -0.25) is 9.36 Å². The predicted molar refractivity (Wildman–Crippen MR) is 105 cm³/mol. The molecule has 0 aromatic carbocycles. The fourth-order valence-electron chi connectivity index (χ4n) is 3.82. The Morgan fingerprint density at radius 1 is 1.38 bits per heavy atom. The summed E-state index contributed by atoms with van der Waals surface area (Å²) in [5.74, 6) is 0.334. The summed E-state index contributed by atoms with van der Waals surface area (Å²) in [6, 6.07) is 0. The largest absolute Gasteiger partial charge is 0.391 e. The van der Waals surface area contributed by atoms with Crippen molar-refractivity contribution in [3.63, 3.8) is 0 Å². The van der Waals surface area contributed by atoms with Crippen molar-refractivity contribution in [2.24, 2.45) is 5.92 Å². The van der Waals surface area contributed by atoms with Gasteiger partial charge in [0.2, 0.25) is 0 Å². The number of aryl methyl sites for hydroxylation is 1. The van der Waals surface area contributed by atoms with Crippen LogP contribution in [0.15, 0.2) is 9.95 Å². The summed E-state index contributed by atoms with van der Waals surface area (Å²) in [5, 5.41) is 10.9. The summed E-state index contributed by atoms with van der Waals surface area (Å²) in [7, 11) is -3.23. The number of hydrogen-bond acceptors (Lipinski definition) is 7. The van der Waals surface area contributed by atoms with E-state index in [0.717, 1.165) is 35.0 Å². The number of thioether (sulfide) groups is 1. The zero-order chi connectivity index (χ0) is 18.6. The van der Waals surface area contributed by atoms with Crippen molar-refractivity contribution in [3.05, 3.63) is 20.8 Å². The molecule has 0 unspecified atom stereocenters. The van der Waals surface area contributed by atoms with Gasteiger partial charge in [0.15, 0.2) is 15.0 Å². The summed E-state index contributed by atoms with van der Waals surface area (Å²) in [6.07, 6.45) is 2.08. The Morgan fingerprint density at radius 2 is 2.15 bits per heavy atom. The molecule has 1 saturated heterocycles. The Labute approximate surface area is 160 Å². The van der Waals surface area contributed by atoms with Crippen LogP contribution in [0, 0.1) is 5.92 Å². The Balaban J connectivity index is 1.80. The second-order valence-electron chi connectivity index (χ2n) is 7.28. The number of aliphatic hydroxyl groups excluding tert-OH is 1. The molecule has 3 heterocycles. The minimum absolute atomic E-state index is 0.0394. The fraction of sp³-hybridized carbons (Fsp3) is 0.647. The highest BCUT2D eigenvalue weighted by atomic mass is 32.2. The fourth-order valence-corrected chi connectivity index (χ4v) is 8.88. The molecule has 0 bridgehead atoms. The summed E-state index contributed by atoms with van der Waals surface area (Å²) in [4.78, 5) is 19.8. The Bertz CT molecular complexity index is 1020. The first-order valence-electron chi connectivity index (χ1n) is 8.89. The molecule has 3 atom stereocenters. The smallest absolute Gasteiger partial charge is 0.263 e. The lowest BCUT2D eigenvalue weighted by molar-refractivity contribution is 0.207. The van der Waals surface area contributed by atoms with Gasteiger partial charge in [-0.15, -0.1) is 11.3 Å². The molecule has 1 N–H and O–H groups in total. The number of sulfone groups is 1. The number of hydrogen-bond donors (Lipinski definition) is 1. The molecule has 0 radical (unpaired) electrons. The molecule has 2 aromatic rings. The van der Waals surface area contributed by atoms with Crippen molar-refractivity contribution in [3.8, 4) is 0 Å². The molecule has 6 nitrogen and oxygen atoms in total. The Hall–Kier alpha value is -0.900. The van der Waals surface area contributed by atoms with Gasteiger partial charge in [-0.25, -0.2) is 13.4 Å². The van der Waals surface area contributed by atoms with Crippen LogP contribution in [0.4, 0.5) is 0 Å². The van der Waals surface area contributed by atoms with Gasteiger partial charge in [0, 0.05) is 11.4 Å². The molecule has 0 amide bonds. The van der Waals surface area contributed by atoms with E-state index in [2.05, 4.69) is 6.92 Å². The van der Waals surface area contributed by atoms with Gasteiger partial charge in [-0.05, 0) is 37.7 Å². The van der Waals surface area contributed by atoms with Gasteiger partial charge in [0.25, 0.3) is 5.56 Å². The molecule has 0 saturated carbocycles. The van der Waals surface area contributed by atoms with Gasteiger partial charge >= 0.3 is 0 Å². The van der Waals surface area contributed by atoms with Gasteiger partial charge in [0.1, 0.15) is 4.83 Å². The Morgan fingerprint density at radius 3 is 2.81 bits per heavy atom. The standard InChI is InChI=1S/C17H22N2O4S3/c1-3-19-16(21)14-10-5-4-9(2)6-12(10)24-15(14)18-17(19)25-13-8-26(22,23)7-11(13)20/h9,11,13,20H,3-8H2,1-2H3/t9-,11+,13-/m1/s1. The van der Waals surface area contributed by atoms with Crippen LogP contribution in [0.2, 0.25) is 0 Å². The van der Waals surface area contributed by atoms with E-state index in [9.17, 15) is 18.3 Å². The highest BCUT2D eigenvalue weighted by Crippen LogP contribution is 2.37. The second-order valence-corrected chi connectivity index (χ2v) is 11.7. The van der Waals surface area contributed by atoms with Gasteiger partial charge in [-0.2, -0.15) is 0 Å². The Kier molecular flexibility index (Phi) is 4.70. The molecule has 2 aliphatic rings. The molecule has 1 fully saturated rings. The van der Waals surface area contributed by atoms with E-state index in [-0.39, 0.29) is 17.1 Å². The van der Waals surface area contributed by atoms with E-state index in [1.165, 1.54) is 16.6 Å². The van der Waals surface area contributed by atoms with Crippen LogP contribution in [-0.2, 0) is 29.2 Å². The number of fused-ring (bicyclic) bond motifs is 3. The van der Waals surface area contributed by atoms with Crippen molar-refractivity contribution in [1.29, 1.82) is 0 Å². The predicted octanol–water partition coefficient (Wildman–Crippen LogP) is 1.85. The minimum atomic E-state index is -3.23. The van der Waals surface area contributed by atoms with E-state index >= 15 is 0 Å². The monoisotopic (exact) mass is 414 g/mol. The maximum Gasteiger partial charge on any atom is 0.263 e. The molecule has 9 heteroatoms. The van der Waals surface area contributed by atoms with Crippen LogP contribution in [0.1, 0.15) is 30.7 Å². The number of rotatable bonds is 3. The maximum absolute atomic E-state index is 13.1. The van der Waals surface area contributed by atoms with E-state index in [1.54, 1.807) is 15.9 Å². The van der Waals surface area contributed by atoms with E-state index in [0.29, 0.717) is 17.6 Å². The van der Waals surface area contributed by atoms with Crippen molar-refractivity contribution in [2.75, 3.05) is 11.5 Å². The van der Waals surface area contributed by atoms with Crippen LogP contribution in [0.5, 0.6) is 0 Å². The number of thiophene rings is 1. The average molecular weight is 415 g/mol. The van der Waals surface area contributed by atoms with Crippen LogP contribution >= 0.6 is 23.1 Å². The number of aromatic nitrogens is 2. The highest BCUT2D eigenvalue weighted by Gasteiger charge is 2.38. The quantitative estimate of drug-likeness (QED) is 0.771. The number of nitrogens with zero attached hydrogens (tertiary/aromatic N) is 2. The average Bonchev–Trinajstić information content (AvgIpc) is 3.03. The van der Waals surface area contributed by atoms with Gasteiger partial charge < -0.3 is 5.11 Å². The van der Waals surface area contributed by atoms with Crippen molar-refractivity contribution < 1.29 is 13.5 Å². The zero-order valence-corrected chi connectivity index (χ0v) is 17.2. The van der Waals surface area contributed by atoms with E-state index < -0.39 is 21.2 Å². The third-order valence-electron chi connectivity index (χ3n) is 5.23. The molecular formula is C17H22N2O4S3. The van der Waals surface area contributed by atoms with Crippen molar-refractivity contribution in [1.82, 2.24) is 9.55 Å². The highest BCUT2D eigenvalue weighted by molar-refractivity contribution is 8.01. The molecule has 1 aliphatic carbocycles.